The summed E-state index contributed by atoms with van der Waals surface area (Å²) in [5, 5.41) is 0. The highest BCUT2D eigenvalue weighted by molar-refractivity contribution is 6.03. The number of anilines is 1. The third-order valence-corrected chi connectivity index (χ3v) is 6.21. The minimum atomic E-state index is -0.209. The van der Waals surface area contributed by atoms with E-state index in [1.165, 1.54) is 12.7 Å². The SMILES string of the molecule is COC(=O)CCc1cccc(C2C(CCCc3ccccc3)C(=O)N2c2ccccc2)c1. The molecule has 1 amide bonds. The molecule has 1 aliphatic heterocycles. The van der Waals surface area contributed by atoms with Crippen molar-refractivity contribution in [1.29, 1.82) is 0 Å². The molecule has 0 aromatic heterocycles. The fraction of sp³-hybridized carbons (Fsp3) is 0.286. The predicted octanol–water partition coefficient (Wildman–Crippen LogP) is 5.52. The summed E-state index contributed by atoms with van der Waals surface area (Å²) in [4.78, 5) is 26.7. The molecule has 1 aliphatic rings. The second-order valence-electron chi connectivity index (χ2n) is 8.29. The highest BCUT2D eigenvalue weighted by Crippen LogP contribution is 2.45. The fourth-order valence-corrected chi connectivity index (χ4v) is 4.54. The van der Waals surface area contributed by atoms with Gasteiger partial charge < -0.3 is 9.64 Å². The van der Waals surface area contributed by atoms with Crippen molar-refractivity contribution in [3.8, 4) is 0 Å². The summed E-state index contributed by atoms with van der Waals surface area (Å²) in [7, 11) is 1.41. The number of para-hydroxylation sites is 1. The quantitative estimate of drug-likeness (QED) is 0.334. The second-order valence-corrected chi connectivity index (χ2v) is 8.29. The maximum absolute atomic E-state index is 13.2. The molecule has 4 rings (SSSR count). The lowest BCUT2D eigenvalue weighted by atomic mass is 9.78. The topological polar surface area (TPSA) is 46.6 Å². The van der Waals surface area contributed by atoms with E-state index in [0.717, 1.165) is 36.1 Å². The molecule has 0 N–H and O–H groups in total. The van der Waals surface area contributed by atoms with Crippen molar-refractivity contribution < 1.29 is 14.3 Å². The van der Waals surface area contributed by atoms with E-state index in [9.17, 15) is 9.59 Å². The highest BCUT2D eigenvalue weighted by Gasteiger charge is 2.48. The summed E-state index contributed by atoms with van der Waals surface area (Å²) in [5.74, 6) is -0.0528. The van der Waals surface area contributed by atoms with Crippen molar-refractivity contribution in [3.63, 3.8) is 0 Å². The van der Waals surface area contributed by atoms with Crippen molar-refractivity contribution in [2.75, 3.05) is 12.0 Å². The molecule has 0 radical (unpaired) electrons. The number of hydrogen-bond acceptors (Lipinski definition) is 3. The molecular weight excluding hydrogens is 398 g/mol. The first-order valence-electron chi connectivity index (χ1n) is 11.2. The molecule has 1 saturated heterocycles. The first-order chi connectivity index (χ1) is 15.7. The zero-order valence-corrected chi connectivity index (χ0v) is 18.4. The van der Waals surface area contributed by atoms with Crippen LogP contribution in [0.2, 0.25) is 0 Å². The average Bonchev–Trinajstić information content (AvgIpc) is 2.84. The Balaban J connectivity index is 1.53. The van der Waals surface area contributed by atoms with Crippen molar-refractivity contribution in [2.45, 2.75) is 38.1 Å². The Kier molecular flexibility index (Phi) is 7.00. The first kappa shape index (κ1) is 21.8. The van der Waals surface area contributed by atoms with Gasteiger partial charge in [0.1, 0.15) is 0 Å². The number of esters is 1. The van der Waals surface area contributed by atoms with Gasteiger partial charge in [0, 0.05) is 12.1 Å². The lowest BCUT2D eigenvalue weighted by Crippen LogP contribution is -2.55. The van der Waals surface area contributed by atoms with Gasteiger partial charge in [-0.1, -0.05) is 72.8 Å². The van der Waals surface area contributed by atoms with Crippen molar-refractivity contribution in [3.05, 3.63) is 102 Å². The Morgan fingerprint density at radius 3 is 2.28 bits per heavy atom. The number of nitrogens with zero attached hydrogens (tertiary/aromatic N) is 1. The molecule has 0 bridgehead atoms. The number of methoxy groups -OCH3 is 1. The van der Waals surface area contributed by atoms with E-state index in [2.05, 4.69) is 36.4 Å². The summed E-state index contributed by atoms with van der Waals surface area (Å²) in [6.45, 7) is 0. The summed E-state index contributed by atoms with van der Waals surface area (Å²) in [6, 6.07) is 28.6. The van der Waals surface area contributed by atoms with Gasteiger partial charge in [0.05, 0.1) is 19.1 Å². The molecule has 4 heteroatoms. The number of ether oxygens (including phenoxy) is 1. The number of amides is 1. The third-order valence-electron chi connectivity index (χ3n) is 6.21. The molecule has 164 valence electrons. The van der Waals surface area contributed by atoms with Crippen LogP contribution < -0.4 is 4.90 Å². The van der Waals surface area contributed by atoms with Crippen LogP contribution in [0.4, 0.5) is 5.69 Å². The number of β-lactam (4-membered cyclic amide) rings is 1. The van der Waals surface area contributed by atoms with Gasteiger partial charge >= 0.3 is 5.97 Å². The van der Waals surface area contributed by atoms with Crippen LogP contribution >= 0.6 is 0 Å². The number of hydrogen-bond donors (Lipinski definition) is 0. The third kappa shape index (κ3) is 4.91. The molecule has 2 unspecified atom stereocenters. The zero-order chi connectivity index (χ0) is 22.3. The standard InChI is InChI=1S/C28H29NO3/c1-32-26(30)19-18-22-13-8-14-23(20-22)27-25(17-9-12-21-10-4-2-5-11-21)28(31)29(27)24-15-6-3-7-16-24/h2-8,10-11,13-16,20,25,27H,9,12,17-19H2,1H3. The van der Waals surface area contributed by atoms with Gasteiger partial charge in [-0.2, -0.15) is 0 Å². The van der Waals surface area contributed by atoms with Crippen LogP contribution in [-0.4, -0.2) is 19.0 Å². The molecule has 0 saturated carbocycles. The predicted molar refractivity (Wildman–Crippen MR) is 126 cm³/mol. The first-order valence-corrected chi connectivity index (χ1v) is 11.2. The van der Waals surface area contributed by atoms with Crippen LogP contribution in [0.5, 0.6) is 0 Å². The van der Waals surface area contributed by atoms with Crippen LogP contribution in [0.1, 0.15) is 42.0 Å². The van der Waals surface area contributed by atoms with Crippen molar-refractivity contribution >= 4 is 17.6 Å². The molecule has 2 atom stereocenters. The Morgan fingerprint density at radius 2 is 1.56 bits per heavy atom. The second kappa shape index (κ2) is 10.3. The Hall–Kier alpha value is -3.40. The Labute approximate surface area is 189 Å². The molecule has 32 heavy (non-hydrogen) atoms. The fourth-order valence-electron chi connectivity index (χ4n) is 4.54. The number of rotatable bonds is 9. The lowest BCUT2D eigenvalue weighted by molar-refractivity contribution is -0.140. The Morgan fingerprint density at radius 1 is 0.875 bits per heavy atom. The molecule has 3 aromatic rings. The van der Waals surface area contributed by atoms with E-state index in [4.69, 9.17) is 4.74 Å². The van der Waals surface area contributed by atoms with E-state index in [0.29, 0.717) is 12.8 Å². The van der Waals surface area contributed by atoms with E-state index >= 15 is 0 Å². The van der Waals surface area contributed by atoms with Crippen molar-refractivity contribution in [1.82, 2.24) is 0 Å². The number of benzene rings is 3. The van der Waals surface area contributed by atoms with Gasteiger partial charge in [0.25, 0.3) is 0 Å². The van der Waals surface area contributed by atoms with Crippen LogP contribution in [0.15, 0.2) is 84.9 Å². The van der Waals surface area contributed by atoms with Crippen LogP contribution in [0.25, 0.3) is 0 Å². The highest BCUT2D eigenvalue weighted by atomic mass is 16.5. The van der Waals surface area contributed by atoms with Gasteiger partial charge in [-0.05, 0) is 54.5 Å². The van der Waals surface area contributed by atoms with Crippen LogP contribution in [-0.2, 0) is 27.2 Å². The molecular formula is C28H29NO3. The normalized spacial score (nSPS) is 17.7. The zero-order valence-electron chi connectivity index (χ0n) is 18.4. The largest absolute Gasteiger partial charge is 0.469 e. The van der Waals surface area contributed by atoms with E-state index < -0.39 is 0 Å². The molecule has 1 fully saturated rings. The summed E-state index contributed by atoms with van der Waals surface area (Å²) >= 11 is 0. The molecule has 0 spiro atoms. The smallest absolute Gasteiger partial charge is 0.305 e. The summed E-state index contributed by atoms with van der Waals surface area (Å²) in [5.41, 5.74) is 4.45. The molecule has 3 aromatic carbocycles. The van der Waals surface area contributed by atoms with Gasteiger partial charge in [-0.15, -0.1) is 0 Å². The summed E-state index contributed by atoms with van der Waals surface area (Å²) in [6.07, 6.45) is 3.79. The molecule has 0 aliphatic carbocycles. The van der Waals surface area contributed by atoms with Gasteiger partial charge in [0.15, 0.2) is 0 Å². The van der Waals surface area contributed by atoms with Gasteiger partial charge in [-0.3, -0.25) is 9.59 Å². The Bertz CT molecular complexity index is 1050. The van der Waals surface area contributed by atoms with Crippen LogP contribution in [0, 0.1) is 5.92 Å². The number of aryl methyl sites for hydroxylation is 2. The summed E-state index contributed by atoms with van der Waals surface area (Å²) < 4.78 is 4.78. The van der Waals surface area contributed by atoms with E-state index in [1.807, 2.05) is 53.4 Å². The molecule has 1 heterocycles. The van der Waals surface area contributed by atoms with E-state index in [1.54, 1.807) is 0 Å². The molecule has 4 nitrogen and oxygen atoms in total. The maximum atomic E-state index is 13.2. The van der Waals surface area contributed by atoms with Crippen LogP contribution in [0.3, 0.4) is 0 Å². The minimum absolute atomic E-state index is 0.0127. The number of carbonyl (C=O) groups excluding carboxylic acids is 2. The van der Waals surface area contributed by atoms with Gasteiger partial charge in [-0.25, -0.2) is 0 Å². The van der Waals surface area contributed by atoms with Crippen molar-refractivity contribution in [2.24, 2.45) is 5.92 Å². The lowest BCUT2D eigenvalue weighted by Gasteiger charge is -2.48. The maximum Gasteiger partial charge on any atom is 0.305 e. The minimum Gasteiger partial charge on any atom is -0.469 e. The average molecular weight is 428 g/mol. The van der Waals surface area contributed by atoms with Gasteiger partial charge in [0.2, 0.25) is 5.91 Å². The monoisotopic (exact) mass is 427 g/mol. The number of carbonyl (C=O) groups is 2. The van der Waals surface area contributed by atoms with E-state index in [-0.39, 0.29) is 23.8 Å².